The van der Waals surface area contributed by atoms with E-state index in [4.69, 9.17) is 0 Å². The summed E-state index contributed by atoms with van der Waals surface area (Å²) in [6.45, 7) is -0.440. The van der Waals surface area contributed by atoms with Crippen LogP contribution in [0.2, 0.25) is 0 Å². The predicted molar refractivity (Wildman–Crippen MR) is 106 cm³/mol. The summed E-state index contributed by atoms with van der Waals surface area (Å²) in [7, 11) is -2.55. The van der Waals surface area contributed by atoms with Crippen LogP contribution in [0.3, 0.4) is 0 Å². The molecule has 2 amide bonds. The third kappa shape index (κ3) is 4.36. The Labute approximate surface area is 163 Å². The number of likely N-dealkylation sites (N-methyl/N-ethyl adjacent to an activating group) is 1. The van der Waals surface area contributed by atoms with Crippen LogP contribution in [0.5, 0.6) is 0 Å². The van der Waals surface area contributed by atoms with Crippen molar-refractivity contribution in [3.63, 3.8) is 0 Å². The number of rotatable bonds is 5. The molecule has 0 saturated heterocycles. The molecule has 28 heavy (non-hydrogen) atoms. The number of carbonyl (C=O) groups excluding carboxylic acids is 2. The molecule has 0 saturated carbocycles. The molecule has 7 nitrogen and oxygen atoms in total. The maximum absolute atomic E-state index is 12.7. The number of sulfonamides is 1. The zero-order valence-electron chi connectivity index (χ0n) is 15.1. The first-order chi connectivity index (χ1) is 13.4. The molecule has 0 aliphatic carbocycles. The Morgan fingerprint density at radius 1 is 0.857 bits per heavy atom. The van der Waals surface area contributed by atoms with Gasteiger partial charge in [-0.25, -0.2) is 8.42 Å². The van der Waals surface area contributed by atoms with E-state index in [1.54, 1.807) is 42.5 Å². The molecule has 0 atom stereocenters. The minimum Gasteiger partial charge on any atom is -0.272 e. The molecule has 2 N–H and O–H groups in total. The van der Waals surface area contributed by atoms with Gasteiger partial charge in [-0.2, -0.15) is 4.31 Å². The van der Waals surface area contributed by atoms with Crippen LogP contribution in [0.15, 0.2) is 77.7 Å². The second kappa shape index (κ2) is 8.20. The Bertz CT molecular complexity index is 1110. The largest absolute Gasteiger partial charge is 0.272 e. The zero-order chi connectivity index (χ0) is 20.1. The third-order valence-electron chi connectivity index (χ3n) is 4.15. The van der Waals surface area contributed by atoms with Crippen molar-refractivity contribution in [1.29, 1.82) is 0 Å². The molecule has 0 aliphatic heterocycles. The normalized spacial score (nSPS) is 11.4. The van der Waals surface area contributed by atoms with Gasteiger partial charge in [-0.05, 0) is 35.0 Å². The molecule has 0 spiro atoms. The van der Waals surface area contributed by atoms with Gasteiger partial charge >= 0.3 is 0 Å². The number of fused-ring (bicyclic) bond motifs is 1. The standard InChI is InChI=1S/C20H19N3O4S/c1-23(14-19(24)21-22-20(25)16-8-3-2-4-9-16)28(26,27)18-12-11-15-7-5-6-10-17(15)13-18/h2-13H,14H2,1H3,(H,21,24)(H,22,25). The van der Waals surface area contributed by atoms with Crippen LogP contribution in [0, 0.1) is 0 Å². The number of hydrogen-bond donors (Lipinski definition) is 2. The highest BCUT2D eigenvalue weighted by Gasteiger charge is 2.23. The lowest BCUT2D eigenvalue weighted by Gasteiger charge is -2.17. The summed E-state index contributed by atoms with van der Waals surface area (Å²) in [4.78, 5) is 24.1. The van der Waals surface area contributed by atoms with Gasteiger partial charge < -0.3 is 0 Å². The molecule has 0 radical (unpaired) electrons. The molecule has 0 heterocycles. The summed E-state index contributed by atoms with van der Waals surface area (Å²) in [6.07, 6.45) is 0. The topological polar surface area (TPSA) is 95.6 Å². The number of nitrogens with one attached hydrogen (secondary N) is 2. The van der Waals surface area contributed by atoms with Gasteiger partial charge in [0.15, 0.2) is 0 Å². The van der Waals surface area contributed by atoms with E-state index < -0.39 is 28.4 Å². The number of hydrazine groups is 1. The molecular formula is C20H19N3O4S. The fourth-order valence-corrected chi connectivity index (χ4v) is 3.79. The molecule has 0 aromatic heterocycles. The van der Waals surface area contributed by atoms with Gasteiger partial charge in [-0.1, -0.05) is 48.5 Å². The van der Waals surface area contributed by atoms with Gasteiger partial charge in [0, 0.05) is 12.6 Å². The Hall–Kier alpha value is -3.23. The van der Waals surface area contributed by atoms with E-state index in [0.29, 0.717) is 5.56 Å². The van der Waals surface area contributed by atoms with Crippen molar-refractivity contribution in [2.45, 2.75) is 4.90 Å². The SMILES string of the molecule is CN(CC(=O)NNC(=O)c1ccccc1)S(=O)(=O)c1ccc2ccccc2c1. The van der Waals surface area contributed by atoms with E-state index >= 15 is 0 Å². The van der Waals surface area contributed by atoms with E-state index in [9.17, 15) is 18.0 Å². The molecule has 0 unspecified atom stereocenters. The van der Waals surface area contributed by atoms with Crippen molar-refractivity contribution >= 4 is 32.6 Å². The van der Waals surface area contributed by atoms with Crippen LogP contribution < -0.4 is 10.9 Å². The summed E-state index contributed by atoms with van der Waals surface area (Å²) < 4.78 is 26.4. The molecule has 144 valence electrons. The van der Waals surface area contributed by atoms with Gasteiger partial charge in [0.1, 0.15) is 0 Å². The van der Waals surface area contributed by atoms with Crippen LogP contribution in [0.25, 0.3) is 10.8 Å². The molecule has 3 aromatic carbocycles. The summed E-state index contributed by atoms with van der Waals surface area (Å²) in [5.74, 6) is -1.15. The van der Waals surface area contributed by atoms with Crippen molar-refractivity contribution in [2.24, 2.45) is 0 Å². The molecule has 0 aliphatic rings. The highest BCUT2D eigenvalue weighted by molar-refractivity contribution is 7.89. The van der Waals surface area contributed by atoms with Crippen LogP contribution in [0.1, 0.15) is 10.4 Å². The maximum Gasteiger partial charge on any atom is 0.269 e. The first-order valence-corrected chi connectivity index (χ1v) is 9.91. The van der Waals surface area contributed by atoms with Crippen molar-refractivity contribution in [1.82, 2.24) is 15.2 Å². The highest BCUT2D eigenvalue weighted by Crippen LogP contribution is 2.21. The highest BCUT2D eigenvalue weighted by atomic mass is 32.2. The van der Waals surface area contributed by atoms with E-state index in [1.807, 2.05) is 24.3 Å². The van der Waals surface area contributed by atoms with Crippen LogP contribution >= 0.6 is 0 Å². The monoisotopic (exact) mass is 397 g/mol. The fraction of sp³-hybridized carbons (Fsp3) is 0.100. The maximum atomic E-state index is 12.7. The van der Waals surface area contributed by atoms with Gasteiger partial charge in [0.05, 0.1) is 11.4 Å². The van der Waals surface area contributed by atoms with Gasteiger partial charge in [0.25, 0.3) is 11.8 Å². The molecule has 0 bridgehead atoms. The first kappa shape index (κ1) is 19.5. The number of nitrogens with zero attached hydrogens (tertiary/aromatic N) is 1. The molecule has 0 fully saturated rings. The summed E-state index contributed by atoms with van der Waals surface area (Å²) in [5, 5.41) is 1.71. The van der Waals surface area contributed by atoms with Crippen molar-refractivity contribution in [2.75, 3.05) is 13.6 Å². The van der Waals surface area contributed by atoms with Crippen molar-refractivity contribution < 1.29 is 18.0 Å². The number of amides is 2. The lowest BCUT2D eigenvalue weighted by Crippen LogP contribution is -2.46. The zero-order valence-corrected chi connectivity index (χ0v) is 15.9. The summed E-state index contributed by atoms with van der Waals surface area (Å²) >= 11 is 0. The van der Waals surface area contributed by atoms with Crippen molar-refractivity contribution in [3.05, 3.63) is 78.4 Å². The van der Waals surface area contributed by atoms with Gasteiger partial charge in [-0.15, -0.1) is 0 Å². The first-order valence-electron chi connectivity index (χ1n) is 8.47. The average Bonchev–Trinajstić information content (AvgIpc) is 2.72. The molecule has 8 heteroatoms. The van der Waals surface area contributed by atoms with E-state index in [-0.39, 0.29) is 4.90 Å². The number of benzene rings is 3. The van der Waals surface area contributed by atoms with Gasteiger partial charge in [-0.3, -0.25) is 20.4 Å². The molecular weight excluding hydrogens is 378 g/mol. The smallest absolute Gasteiger partial charge is 0.269 e. The Morgan fingerprint density at radius 2 is 1.50 bits per heavy atom. The van der Waals surface area contributed by atoms with E-state index in [2.05, 4.69) is 10.9 Å². The van der Waals surface area contributed by atoms with E-state index in [1.165, 1.54) is 13.1 Å². The quantitative estimate of drug-likeness (QED) is 0.643. The number of carbonyl (C=O) groups is 2. The fourth-order valence-electron chi connectivity index (χ4n) is 2.62. The van der Waals surface area contributed by atoms with Crippen LogP contribution in [-0.2, 0) is 14.8 Å². The Kier molecular flexibility index (Phi) is 5.72. The lowest BCUT2D eigenvalue weighted by atomic mass is 10.1. The third-order valence-corrected chi connectivity index (χ3v) is 5.95. The average molecular weight is 397 g/mol. The Balaban J connectivity index is 1.64. The minimum absolute atomic E-state index is 0.0924. The molecule has 3 rings (SSSR count). The predicted octanol–water partition coefficient (Wildman–Crippen LogP) is 1.92. The van der Waals surface area contributed by atoms with Crippen LogP contribution in [0.4, 0.5) is 0 Å². The van der Waals surface area contributed by atoms with Crippen LogP contribution in [-0.4, -0.2) is 38.1 Å². The lowest BCUT2D eigenvalue weighted by molar-refractivity contribution is -0.121. The summed E-state index contributed by atoms with van der Waals surface area (Å²) in [6, 6.07) is 20.5. The van der Waals surface area contributed by atoms with E-state index in [0.717, 1.165) is 15.1 Å². The van der Waals surface area contributed by atoms with Gasteiger partial charge in [0.2, 0.25) is 10.0 Å². The second-order valence-corrected chi connectivity index (χ2v) is 8.18. The molecule has 3 aromatic rings. The number of hydrogen-bond acceptors (Lipinski definition) is 4. The van der Waals surface area contributed by atoms with Crippen molar-refractivity contribution in [3.8, 4) is 0 Å². The summed E-state index contributed by atoms with van der Waals surface area (Å²) in [5.41, 5.74) is 4.85. The minimum atomic E-state index is -3.86. The Morgan fingerprint density at radius 3 is 2.21 bits per heavy atom. The second-order valence-electron chi connectivity index (χ2n) is 6.14.